The number of likely N-dealkylation sites (N-methyl/N-ethyl adjacent to an activating group) is 1. The Hall–Kier alpha value is -3.59. The van der Waals surface area contributed by atoms with Crippen LogP contribution in [0.2, 0.25) is 0 Å². The summed E-state index contributed by atoms with van der Waals surface area (Å²) in [5.41, 5.74) is 0.929. The predicted octanol–water partition coefficient (Wildman–Crippen LogP) is 3.23. The van der Waals surface area contributed by atoms with Gasteiger partial charge in [-0.1, -0.05) is 92.1 Å². The maximum atomic E-state index is 14.5. The molecule has 4 N–H and O–H groups in total. The fourth-order valence-corrected chi connectivity index (χ4v) is 8.86. The standard InChI is InChI=1S/C45H77N7O7/c1-12-21-47-43(55)34(27-33-18-15-14-16-19-33)48-42(54)32(8)41(59-11)35-20-17-24-52(35)37(53)28-36(58-10)40(31(7)13-2)50(9)45(57)38(29(3)4)49-44(56)39(30(5)6)51-25-22-46-23-26-51/h14-16,18-19,29-32,34-36,38-41,46H,12-13,17,20-28H2,1-11H3,(H,47,55)(H,48,54)(H,49,56)/t31-,32+,34-,35-,36?,38-,39-,40-,41?/m0/s1. The molecule has 0 spiro atoms. The van der Waals surface area contributed by atoms with Gasteiger partial charge in [0.05, 0.1) is 42.7 Å². The molecule has 59 heavy (non-hydrogen) atoms. The number of nitrogens with zero attached hydrogens (tertiary/aromatic N) is 3. The van der Waals surface area contributed by atoms with E-state index >= 15 is 0 Å². The Labute approximate surface area is 354 Å². The van der Waals surface area contributed by atoms with Crippen LogP contribution in [0.4, 0.5) is 0 Å². The number of amides is 5. The van der Waals surface area contributed by atoms with E-state index in [2.05, 4.69) is 40.0 Å². The first kappa shape index (κ1) is 49.8. The highest BCUT2D eigenvalue weighted by Crippen LogP contribution is 2.30. The lowest BCUT2D eigenvalue weighted by molar-refractivity contribution is -0.148. The normalized spacial score (nSPS) is 20.2. The molecular weight excluding hydrogens is 751 g/mol. The molecule has 334 valence electrons. The highest BCUT2D eigenvalue weighted by Gasteiger charge is 2.43. The molecule has 14 heteroatoms. The summed E-state index contributed by atoms with van der Waals surface area (Å²) in [5, 5.41) is 12.4. The third-order valence-corrected chi connectivity index (χ3v) is 12.4. The van der Waals surface area contributed by atoms with Crippen molar-refractivity contribution in [3.63, 3.8) is 0 Å². The molecule has 9 atom stereocenters. The molecule has 2 unspecified atom stereocenters. The van der Waals surface area contributed by atoms with Crippen molar-refractivity contribution in [3.05, 3.63) is 35.9 Å². The van der Waals surface area contributed by atoms with Crippen molar-refractivity contribution in [2.75, 3.05) is 60.5 Å². The number of carbonyl (C=O) groups excluding carboxylic acids is 5. The zero-order valence-corrected chi connectivity index (χ0v) is 37.9. The lowest BCUT2D eigenvalue weighted by atomic mass is 9.89. The van der Waals surface area contributed by atoms with Crippen LogP contribution >= 0.6 is 0 Å². The number of carbonyl (C=O) groups is 5. The number of ether oxygens (including phenoxy) is 2. The second-order valence-corrected chi connectivity index (χ2v) is 17.3. The lowest BCUT2D eigenvalue weighted by Crippen LogP contribution is -2.61. The highest BCUT2D eigenvalue weighted by atomic mass is 16.5. The molecule has 2 fully saturated rings. The summed E-state index contributed by atoms with van der Waals surface area (Å²) >= 11 is 0. The molecule has 5 amide bonds. The average molecular weight is 828 g/mol. The molecule has 0 bridgehead atoms. The monoisotopic (exact) mass is 828 g/mol. The van der Waals surface area contributed by atoms with Gasteiger partial charge in [-0.05, 0) is 42.6 Å². The summed E-state index contributed by atoms with van der Waals surface area (Å²) in [6.45, 7) is 20.0. The van der Waals surface area contributed by atoms with Crippen molar-refractivity contribution in [1.29, 1.82) is 0 Å². The van der Waals surface area contributed by atoms with Gasteiger partial charge in [-0.2, -0.15) is 0 Å². The number of benzene rings is 1. The molecule has 0 saturated carbocycles. The van der Waals surface area contributed by atoms with Gasteiger partial charge < -0.3 is 40.5 Å². The highest BCUT2D eigenvalue weighted by molar-refractivity contribution is 5.91. The maximum absolute atomic E-state index is 14.5. The SMILES string of the molecule is CCCNC(=O)[C@H](Cc1ccccc1)NC(=O)[C@H](C)C(OC)[C@@H]1CCCN1C(=O)CC(OC)[C@H]([C@@H](C)CC)N(C)C(=O)[C@@H](NC(=O)[C@H](C(C)C)N1CCNCC1)C(C)C. The van der Waals surface area contributed by atoms with E-state index in [4.69, 9.17) is 9.47 Å². The van der Waals surface area contributed by atoms with Crippen LogP contribution in [0.15, 0.2) is 30.3 Å². The minimum atomic E-state index is -0.773. The van der Waals surface area contributed by atoms with Gasteiger partial charge in [0.25, 0.3) is 0 Å². The van der Waals surface area contributed by atoms with Crippen molar-refractivity contribution in [2.45, 2.75) is 136 Å². The van der Waals surface area contributed by atoms with Crippen LogP contribution in [0.3, 0.4) is 0 Å². The van der Waals surface area contributed by atoms with Crippen LogP contribution in [0.1, 0.15) is 93.1 Å². The second kappa shape index (κ2) is 24.6. The number of hydrogen-bond donors (Lipinski definition) is 4. The van der Waals surface area contributed by atoms with Crippen molar-refractivity contribution in [1.82, 2.24) is 36.0 Å². The molecule has 0 aromatic heterocycles. The Morgan fingerprint density at radius 1 is 0.864 bits per heavy atom. The fourth-order valence-electron chi connectivity index (χ4n) is 8.86. The maximum Gasteiger partial charge on any atom is 0.245 e. The molecule has 2 heterocycles. The zero-order valence-electron chi connectivity index (χ0n) is 37.9. The first-order valence-electron chi connectivity index (χ1n) is 22.1. The topological polar surface area (TPSA) is 162 Å². The van der Waals surface area contributed by atoms with Gasteiger partial charge in [-0.25, -0.2) is 0 Å². The number of methoxy groups -OCH3 is 2. The van der Waals surface area contributed by atoms with Crippen molar-refractivity contribution < 1.29 is 33.4 Å². The largest absolute Gasteiger partial charge is 0.379 e. The lowest BCUT2D eigenvalue weighted by Gasteiger charge is -2.41. The first-order valence-corrected chi connectivity index (χ1v) is 22.1. The Morgan fingerprint density at radius 2 is 1.53 bits per heavy atom. The van der Waals surface area contributed by atoms with Crippen LogP contribution in [-0.2, 0) is 39.9 Å². The Bertz CT molecular complexity index is 1470. The van der Waals surface area contributed by atoms with Crippen molar-refractivity contribution in [3.8, 4) is 0 Å². The number of likely N-dealkylation sites (tertiary alicyclic amines) is 1. The van der Waals surface area contributed by atoms with E-state index < -0.39 is 36.3 Å². The van der Waals surface area contributed by atoms with Crippen LogP contribution < -0.4 is 21.3 Å². The molecule has 2 aliphatic heterocycles. The zero-order chi connectivity index (χ0) is 43.8. The van der Waals surface area contributed by atoms with Gasteiger partial charge in [0, 0.05) is 67.0 Å². The fraction of sp³-hybridized carbons (Fsp3) is 0.756. The minimum absolute atomic E-state index is 0.0184. The van der Waals surface area contributed by atoms with Gasteiger partial charge >= 0.3 is 0 Å². The Balaban J connectivity index is 1.78. The number of piperazine rings is 1. The summed E-state index contributed by atoms with van der Waals surface area (Å²) in [6, 6.07) is 6.85. The Morgan fingerprint density at radius 3 is 2.08 bits per heavy atom. The van der Waals surface area contributed by atoms with Crippen LogP contribution in [0.5, 0.6) is 0 Å². The van der Waals surface area contributed by atoms with Gasteiger partial charge in [0.1, 0.15) is 12.1 Å². The molecule has 1 aromatic rings. The molecule has 3 rings (SSSR count). The average Bonchev–Trinajstić information content (AvgIpc) is 3.71. The van der Waals surface area contributed by atoms with E-state index in [-0.39, 0.29) is 65.8 Å². The predicted molar refractivity (Wildman–Crippen MR) is 231 cm³/mol. The summed E-state index contributed by atoms with van der Waals surface area (Å²) in [4.78, 5) is 75.5. The second-order valence-electron chi connectivity index (χ2n) is 17.3. The molecule has 0 aliphatic carbocycles. The first-order chi connectivity index (χ1) is 28.1. The molecule has 0 radical (unpaired) electrons. The van der Waals surface area contributed by atoms with Crippen LogP contribution in [0, 0.1) is 23.7 Å². The van der Waals surface area contributed by atoms with Gasteiger partial charge in [0.2, 0.25) is 29.5 Å². The van der Waals surface area contributed by atoms with Gasteiger partial charge in [-0.3, -0.25) is 28.9 Å². The van der Waals surface area contributed by atoms with Gasteiger partial charge in [-0.15, -0.1) is 0 Å². The quantitative estimate of drug-likeness (QED) is 0.130. The third-order valence-electron chi connectivity index (χ3n) is 12.4. The summed E-state index contributed by atoms with van der Waals surface area (Å²) in [6.07, 6.45) is 2.00. The van der Waals surface area contributed by atoms with E-state index in [0.717, 1.165) is 51.0 Å². The Kier molecular flexibility index (Phi) is 20.8. The van der Waals surface area contributed by atoms with Crippen LogP contribution in [-0.4, -0.2) is 147 Å². The van der Waals surface area contributed by atoms with E-state index in [0.29, 0.717) is 25.9 Å². The van der Waals surface area contributed by atoms with E-state index in [1.54, 1.807) is 38.0 Å². The van der Waals surface area contributed by atoms with Crippen LogP contribution in [0.25, 0.3) is 0 Å². The van der Waals surface area contributed by atoms with E-state index in [1.165, 1.54) is 0 Å². The van der Waals surface area contributed by atoms with E-state index in [1.807, 2.05) is 65.0 Å². The smallest absolute Gasteiger partial charge is 0.245 e. The molecular formula is C45H77N7O7. The molecule has 14 nitrogen and oxygen atoms in total. The molecule has 2 saturated heterocycles. The summed E-state index contributed by atoms with van der Waals surface area (Å²) in [7, 11) is 4.88. The molecule has 2 aliphatic rings. The summed E-state index contributed by atoms with van der Waals surface area (Å²) < 4.78 is 12.1. The third kappa shape index (κ3) is 13.7. The summed E-state index contributed by atoms with van der Waals surface area (Å²) in [5.74, 6) is -1.91. The minimum Gasteiger partial charge on any atom is -0.379 e. The van der Waals surface area contributed by atoms with Gasteiger partial charge in [0.15, 0.2) is 0 Å². The number of nitrogens with one attached hydrogen (secondary N) is 4. The van der Waals surface area contributed by atoms with E-state index in [9.17, 15) is 24.0 Å². The van der Waals surface area contributed by atoms with Crippen molar-refractivity contribution in [2.24, 2.45) is 23.7 Å². The number of hydrogen-bond acceptors (Lipinski definition) is 9. The number of rotatable bonds is 23. The molecule has 1 aromatic carbocycles. The van der Waals surface area contributed by atoms with Crippen molar-refractivity contribution >= 4 is 29.5 Å².